The van der Waals surface area contributed by atoms with Gasteiger partial charge in [-0.3, -0.25) is 4.79 Å². The standard InChI is InChI=1S/C13H17ClN2O/c1-3-15-7-8-16(9-13(15)17)12-6-4-5-11(14)10(12)2/h4-6H,3,7-9H2,1-2H3. The summed E-state index contributed by atoms with van der Waals surface area (Å²) in [5.74, 6) is 0.193. The molecule has 1 heterocycles. The van der Waals surface area contributed by atoms with Crippen LogP contribution < -0.4 is 4.90 Å². The second kappa shape index (κ2) is 4.96. The van der Waals surface area contributed by atoms with Crippen LogP contribution in [0, 0.1) is 6.92 Å². The van der Waals surface area contributed by atoms with Gasteiger partial charge in [0.15, 0.2) is 0 Å². The number of likely N-dealkylation sites (N-methyl/N-ethyl adjacent to an activating group) is 1. The second-order valence-corrected chi connectivity index (χ2v) is 4.69. The van der Waals surface area contributed by atoms with E-state index in [1.165, 1.54) is 0 Å². The fraction of sp³-hybridized carbons (Fsp3) is 0.462. The molecule has 1 aliphatic heterocycles. The Morgan fingerprint density at radius 1 is 1.35 bits per heavy atom. The monoisotopic (exact) mass is 252 g/mol. The highest BCUT2D eigenvalue weighted by Gasteiger charge is 2.23. The molecule has 2 rings (SSSR count). The van der Waals surface area contributed by atoms with Gasteiger partial charge in [0.2, 0.25) is 5.91 Å². The molecule has 0 bridgehead atoms. The molecule has 1 aliphatic rings. The lowest BCUT2D eigenvalue weighted by molar-refractivity contribution is -0.130. The number of hydrogen-bond acceptors (Lipinski definition) is 2. The van der Waals surface area contributed by atoms with Crippen molar-refractivity contribution in [3.63, 3.8) is 0 Å². The quantitative estimate of drug-likeness (QED) is 0.807. The van der Waals surface area contributed by atoms with Gasteiger partial charge in [0.1, 0.15) is 0 Å². The Kier molecular flexibility index (Phi) is 3.57. The van der Waals surface area contributed by atoms with Gasteiger partial charge in [-0.15, -0.1) is 0 Å². The number of piperazine rings is 1. The van der Waals surface area contributed by atoms with E-state index < -0.39 is 0 Å². The van der Waals surface area contributed by atoms with E-state index in [4.69, 9.17) is 11.6 Å². The van der Waals surface area contributed by atoms with E-state index >= 15 is 0 Å². The Hall–Kier alpha value is -1.22. The fourth-order valence-corrected chi connectivity index (χ4v) is 2.36. The van der Waals surface area contributed by atoms with Crippen molar-refractivity contribution >= 4 is 23.2 Å². The summed E-state index contributed by atoms with van der Waals surface area (Å²) in [7, 11) is 0. The maximum Gasteiger partial charge on any atom is 0.242 e. The number of carbonyl (C=O) groups excluding carboxylic acids is 1. The lowest BCUT2D eigenvalue weighted by Crippen LogP contribution is -2.50. The third-order valence-corrected chi connectivity index (χ3v) is 3.69. The molecular weight excluding hydrogens is 236 g/mol. The van der Waals surface area contributed by atoms with Crippen molar-refractivity contribution in [2.45, 2.75) is 13.8 Å². The average molecular weight is 253 g/mol. The van der Waals surface area contributed by atoms with E-state index in [9.17, 15) is 4.79 Å². The highest BCUT2D eigenvalue weighted by atomic mass is 35.5. The van der Waals surface area contributed by atoms with Crippen molar-refractivity contribution in [2.24, 2.45) is 0 Å². The van der Waals surface area contributed by atoms with E-state index in [1.54, 1.807) is 0 Å². The highest BCUT2D eigenvalue weighted by Crippen LogP contribution is 2.27. The number of rotatable bonds is 2. The molecule has 4 heteroatoms. The number of halogens is 1. The van der Waals surface area contributed by atoms with Gasteiger partial charge in [-0.1, -0.05) is 17.7 Å². The first kappa shape index (κ1) is 12.2. The Bertz CT molecular complexity index is 433. The minimum absolute atomic E-state index is 0.193. The summed E-state index contributed by atoms with van der Waals surface area (Å²) in [5.41, 5.74) is 2.12. The topological polar surface area (TPSA) is 23.6 Å². The summed E-state index contributed by atoms with van der Waals surface area (Å²) in [6.07, 6.45) is 0. The van der Waals surface area contributed by atoms with Gasteiger partial charge >= 0.3 is 0 Å². The molecular formula is C13H17ClN2O. The molecule has 0 atom stereocenters. The molecule has 0 aromatic heterocycles. The largest absolute Gasteiger partial charge is 0.360 e. The number of hydrogen-bond donors (Lipinski definition) is 0. The van der Waals surface area contributed by atoms with Crippen molar-refractivity contribution in [2.75, 3.05) is 31.1 Å². The maximum absolute atomic E-state index is 11.9. The van der Waals surface area contributed by atoms with Crippen LogP contribution in [0.5, 0.6) is 0 Å². The molecule has 1 amide bonds. The van der Waals surface area contributed by atoms with Crippen LogP contribution in [0.2, 0.25) is 5.02 Å². The molecule has 0 spiro atoms. The van der Waals surface area contributed by atoms with E-state index in [0.717, 1.165) is 35.9 Å². The highest BCUT2D eigenvalue weighted by molar-refractivity contribution is 6.31. The summed E-state index contributed by atoms with van der Waals surface area (Å²) >= 11 is 6.10. The zero-order valence-corrected chi connectivity index (χ0v) is 11.0. The third-order valence-electron chi connectivity index (χ3n) is 3.28. The SMILES string of the molecule is CCN1CCN(c2cccc(Cl)c2C)CC1=O. The van der Waals surface area contributed by atoms with E-state index in [2.05, 4.69) is 4.90 Å². The molecule has 1 saturated heterocycles. The number of carbonyl (C=O) groups is 1. The molecule has 92 valence electrons. The number of anilines is 1. The van der Waals surface area contributed by atoms with Gasteiger partial charge < -0.3 is 9.80 Å². The van der Waals surface area contributed by atoms with Gasteiger partial charge in [-0.05, 0) is 31.5 Å². The fourth-order valence-electron chi connectivity index (χ4n) is 2.19. The van der Waals surface area contributed by atoms with Crippen LogP contribution >= 0.6 is 11.6 Å². The first-order valence-corrected chi connectivity index (χ1v) is 6.29. The predicted octanol–water partition coefficient (Wildman–Crippen LogP) is 2.32. The molecule has 1 aromatic carbocycles. The Morgan fingerprint density at radius 2 is 2.12 bits per heavy atom. The van der Waals surface area contributed by atoms with E-state index in [0.29, 0.717) is 6.54 Å². The minimum Gasteiger partial charge on any atom is -0.360 e. The van der Waals surface area contributed by atoms with E-state index in [-0.39, 0.29) is 5.91 Å². The second-order valence-electron chi connectivity index (χ2n) is 4.28. The van der Waals surface area contributed by atoms with Gasteiger partial charge in [0.05, 0.1) is 6.54 Å². The van der Waals surface area contributed by atoms with Crippen LogP contribution in [0.15, 0.2) is 18.2 Å². The zero-order valence-electron chi connectivity index (χ0n) is 10.2. The molecule has 1 fully saturated rings. The molecule has 3 nitrogen and oxygen atoms in total. The summed E-state index contributed by atoms with van der Waals surface area (Å²) < 4.78 is 0. The normalized spacial score (nSPS) is 16.5. The molecule has 0 aliphatic carbocycles. The summed E-state index contributed by atoms with van der Waals surface area (Å²) in [4.78, 5) is 15.8. The van der Waals surface area contributed by atoms with Crippen molar-refractivity contribution in [1.82, 2.24) is 4.90 Å². The Balaban J connectivity index is 2.19. The smallest absolute Gasteiger partial charge is 0.242 e. The molecule has 0 radical (unpaired) electrons. The van der Waals surface area contributed by atoms with Crippen molar-refractivity contribution in [1.29, 1.82) is 0 Å². The van der Waals surface area contributed by atoms with Gasteiger partial charge in [0.25, 0.3) is 0 Å². The maximum atomic E-state index is 11.9. The van der Waals surface area contributed by atoms with Crippen LogP contribution in [0.25, 0.3) is 0 Å². The van der Waals surface area contributed by atoms with Gasteiger partial charge in [-0.25, -0.2) is 0 Å². The molecule has 0 N–H and O–H groups in total. The van der Waals surface area contributed by atoms with Crippen molar-refractivity contribution in [3.8, 4) is 0 Å². The Morgan fingerprint density at radius 3 is 2.76 bits per heavy atom. The minimum atomic E-state index is 0.193. The number of nitrogens with zero attached hydrogens (tertiary/aromatic N) is 2. The van der Waals surface area contributed by atoms with Crippen molar-refractivity contribution < 1.29 is 4.79 Å². The third kappa shape index (κ3) is 2.39. The molecule has 17 heavy (non-hydrogen) atoms. The molecule has 1 aromatic rings. The number of benzene rings is 1. The van der Waals surface area contributed by atoms with Crippen LogP contribution in [-0.4, -0.2) is 37.0 Å². The average Bonchev–Trinajstić information content (AvgIpc) is 2.32. The van der Waals surface area contributed by atoms with Crippen LogP contribution in [0.4, 0.5) is 5.69 Å². The van der Waals surface area contributed by atoms with Crippen molar-refractivity contribution in [3.05, 3.63) is 28.8 Å². The van der Waals surface area contributed by atoms with Gasteiger partial charge in [-0.2, -0.15) is 0 Å². The number of amides is 1. The van der Waals surface area contributed by atoms with E-state index in [1.807, 2.05) is 36.9 Å². The first-order valence-electron chi connectivity index (χ1n) is 5.91. The lowest BCUT2D eigenvalue weighted by Gasteiger charge is -2.35. The molecule has 0 saturated carbocycles. The summed E-state index contributed by atoms with van der Waals surface area (Å²) in [6, 6.07) is 5.84. The predicted molar refractivity (Wildman–Crippen MR) is 70.7 cm³/mol. The lowest BCUT2D eigenvalue weighted by atomic mass is 10.1. The van der Waals surface area contributed by atoms with Crippen LogP contribution in [-0.2, 0) is 4.79 Å². The summed E-state index contributed by atoms with van der Waals surface area (Å²) in [6.45, 7) is 6.92. The molecule has 0 unspecified atom stereocenters. The van der Waals surface area contributed by atoms with Gasteiger partial charge in [0, 0.05) is 30.3 Å². The Labute approximate surface area is 107 Å². The van der Waals surface area contributed by atoms with Crippen LogP contribution in [0.3, 0.4) is 0 Å². The summed E-state index contributed by atoms with van der Waals surface area (Å²) in [5, 5.41) is 0.757. The zero-order chi connectivity index (χ0) is 12.4. The van der Waals surface area contributed by atoms with Crippen LogP contribution in [0.1, 0.15) is 12.5 Å². The first-order chi connectivity index (χ1) is 8.13.